The zero-order valence-electron chi connectivity index (χ0n) is 16.5. The topological polar surface area (TPSA) is 49.4 Å². The van der Waals surface area contributed by atoms with E-state index in [2.05, 4.69) is 5.32 Å². The van der Waals surface area contributed by atoms with Gasteiger partial charge in [0.15, 0.2) is 0 Å². The molecule has 0 aliphatic carbocycles. The lowest BCUT2D eigenvalue weighted by Crippen LogP contribution is -2.35. The second-order valence-corrected chi connectivity index (χ2v) is 9.73. The van der Waals surface area contributed by atoms with Crippen LogP contribution in [0.3, 0.4) is 0 Å². The molecular weight excluding hydrogens is 388 g/mol. The van der Waals surface area contributed by atoms with Crippen molar-refractivity contribution in [1.29, 1.82) is 0 Å². The molecule has 0 aromatic heterocycles. The molecule has 1 fully saturated rings. The van der Waals surface area contributed by atoms with E-state index in [0.717, 1.165) is 16.8 Å². The van der Waals surface area contributed by atoms with Crippen molar-refractivity contribution in [3.05, 3.63) is 64.7 Å². The van der Waals surface area contributed by atoms with Gasteiger partial charge >= 0.3 is 0 Å². The van der Waals surface area contributed by atoms with E-state index < -0.39 is 0 Å². The maximum absolute atomic E-state index is 12.7. The minimum absolute atomic E-state index is 0.0162. The van der Waals surface area contributed by atoms with E-state index in [0.29, 0.717) is 10.1 Å². The third-order valence-corrected chi connectivity index (χ3v) is 7.88. The van der Waals surface area contributed by atoms with Gasteiger partial charge in [0.1, 0.15) is 0 Å². The van der Waals surface area contributed by atoms with Crippen LogP contribution in [0.1, 0.15) is 38.1 Å². The summed E-state index contributed by atoms with van der Waals surface area (Å²) in [6.45, 7) is 4.00. The fourth-order valence-electron chi connectivity index (χ4n) is 3.05. The number of rotatable bonds is 5. The number of thioether (sulfide) groups is 2. The summed E-state index contributed by atoms with van der Waals surface area (Å²) in [4.78, 5) is 26.5. The van der Waals surface area contributed by atoms with Crippen LogP contribution in [0.5, 0.6) is 0 Å². The lowest BCUT2D eigenvalue weighted by Gasteiger charge is -2.22. The molecule has 28 heavy (non-hydrogen) atoms. The number of benzene rings is 2. The van der Waals surface area contributed by atoms with E-state index in [-0.39, 0.29) is 18.4 Å². The zero-order chi connectivity index (χ0) is 20.1. The van der Waals surface area contributed by atoms with Crippen molar-refractivity contribution in [3.8, 4) is 0 Å². The fourth-order valence-corrected chi connectivity index (χ4v) is 5.94. The van der Waals surface area contributed by atoms with Crippen LogP contribution in [0.2, 0.25) is 0 Å². The second kappa shape index (κ2) is 9.52. The minimum atomic E-state index is -0.198. The van der Waals surface area contributed by atoms with Gasteiger partial charge in [-0.1, -0.05) is 24.3 Å². The molecule has 6 heteroatoms. The highest BCUT2D eigenvalue weighted by atomic mass is 32.2. The Labute approximate surface area is 175 Å². The molecule has 0 saturated carbocycles. The summed E-state index contributed by atoms with van der Waals surface area (Å²) in [6.07, 6.45) is 1.26. The van der Waals surface area contributed by atoms with Gasteiger partial charge in [-0.25, -0.2) is 0 Å². The lowest BCUT2D eigenvalue weighted by molar-refractivity contribution is -0.116. The van der Waals surface area contributed by atoms with Crippen LogP contribution >= 0.6 is 23.5 Å². The van der Waals surface area contributed by atoms with E-state index in [1.807, 2.05) is 79.8 Å². The molecule has 3 rings (SSSR count). The van der Waals surface area contributed by atoms with Gasteiger partial charge in [-0.3, -0.25) is 9.59 Å². The van der Waals surface area contributed by atoms with Crippen molar-refractivity contribution in [2.75, 3.05) is 30.4 Å². The first-order valence-corrected chi connectivity index (χ1v) is 11.5. The number of nitrogens with zero attached hydrogens (tertiary/aromatic N) is 1. The maximum atomic E-state index is 12.7. The SMILES string of the molecule is Cc1cccc(NC(=O)CN(C)C(=O)c2ccc(C3SCCCS3)cc2)c1C. The highest BCUT2D eigenvalue weighted by Crippen LogP contribution is 2.43. The Kier molecular flexibility index (Phi) is 7.08. The summed E-state index contributed by atoms with van der Waals surface area (Å²) in [5, 5.41) is 2.90. The van der Waals surface area contributed by atoms with Gasteiger partial charge in [-0.15, -0.1) is 23.5 Å². The molecule has 0 unspecified atom stereocenters. The average Bonchev–Trinajstić information content (AvgIpc) is 2.71. The molecule has 1 aliphatic heterocycles. The van der Waals surface area contributed by atoms with Crippen molar-refractivity contribution in [1.82, 2.24) is 4.90 Å². The minimum Gasteiger partial charge on any atom is -0.332 e. The predicted molar refractivity (Wildman–Crippen MR) is 120 cm³/mol. The second-order valence-electron chi connectivity index (χ2n) is 7.01. The molecule has 1 heterocycles. The first kappa shape index (κ1) is 20.8. The Balaban J connectivity index is 1.59. The normalized spacial score (nSPS) is 14.5. The molecular formula is C22H26N2O2S2. The molecule has 4 nitrogen and oxygen atoms in total. The number of hydrogen-bond acceptors (Lipinski definition) is 4. The Morgan fingerprint density at radius 1 is 1.07 bits per heavy atom. The Morgan fingerprint density at radius 2 is 1.75 bits per heavy atom. The Morgan fingerprint density at radius 3 is 2.43 bits per heavy atom. The molecule has 1 N–H and O–H groups in total. The fraction of sp³-hybridized carbons (Fsp3) is 0.364. The van der Waals surface area contributed by atoms with E-state index in [1.165, 1.54) is 28.4 Å². The summed E-state index contributed by atoms with van der Waals surface area (Å²) in [5.41, 5.74) is 4.81. The van der Waals surface area contributed by atoms with E-state index in [4.69, 9.17) is 0 Å². The number of carbonyl (C=O) groups excluding carboxylic acids is 2. The predicted octanol–water partition coefficient (Wildman–Crippen LogP) is 4.88. The Hall–Kier alpha value is -1.92. The van der Waals surface area contributed by atoms with Gasteiger partial charge in [0, 0.05) is 18.3 Å². The number of nitrogens with one attached hydrogen (secondary N) is 1. The monoisotopic (exact) mass is 414 g/mol. The number of hydrogen-bond donors (Lipinski definition) is 1. The smallest absolute Gasteiger partial charge is 0.254 e. The summed E-state index contributed by atoms with van der Waals surface area (Å²) in [6, 6.07) is 13.6. The van der Waals surface area contributed by atoms with Gasteiger partial charge in [-0.05, 0) is 66.7 Å². The van der Waals surface area contributed by atoms with Crippen LogP contribution in [0, 0.1) is 13.8 Å². The van der Waals surface area contributed by atoms with E-state index in [1.54, 1.807) is 7.05 Å². The third kappa shape index (κ3) is 5.11. The molecule has 2 aromatic rings. The van der Waals surface area contributed by atoms with Crippen molar-refractivity contribution in [2.45, 2.75) is 24.9 Å². The van der Waals surface area contributed by atoms with Crippen LogP contribution < -0.4 is 5.32 Å². The Bertz CT molecular complexity index is 846. The van der Waals surface area contributed by atoms with Crippen LogP contribution in [-0.4, -0.2) is 41.8 Å². The molecule has 1 saturated heterocycles. The van der Waals surface area contributed by atoms with Crippen molar-refractivity contribution in [3.63, 3.8) is 0 Å². The van der Waals surface area contributed by atoms with Crippen LogP contribution in [-0.2, 0) is 4.79 Å². The number of carbonyl (C=O) groups is 2. The van der Waals surface area contributed by atoms with Gasteiger partial charge in [0.25, 0.3) is 5.91 Å². The molecule has 0 bridgehead atoms. The van der Waals surface area contributed by atoms with Crippen LogP contribution in [0.25, 0.3) is 0 Å². The summed E-state index contributed by atoms with van der Waals surface area (Å²) in [7, 11) is 1.66. The van der Waals surface area contributed by atoms with Gasteiger partial charge in [0.05, 0.1) is 11.1 Å². The molecule has 2 amide bonds. The van der Waals surface area contributed by atoms with Crippen molar-refractivity contribution < 1.29 is 9.59 Å². The van der Waals surface area contributed by atoms with Crippen LogP contribution in [0.15, 0.2) is 42.5 Å². The van der Waals surface area contributed by atoms with Gasteiger partial charge in [0.2, 0.25) is 5.91 Å². The van der Waals surface area contributed by atoms with Crippen molar-refractivity contribution in [2.24, 2.45) is 0 Å². The van der Waals surface area contributed by atoms with E-state index >= 15 is 0 Å². The molecule has 2 aromatic carbocycles. The molecule has 0 spiro atoms. The zero-order valence-corrected chi connectivity index (χ0v) is 18.2. The molecule has 0 radical (unpaired) electrons. The quantitative estimate of drug-likeness (QED) is 0.757. The molecule has 1 aliphatic rings. The van der Waals surface area contributed by atoms with Gasteiger partial charge < -0.3 is 10.2 Å². The number of amides is 2. The highest BCUT2D eigenvalue weighted by Gasteiger charge is 2.19. The lowest BCUT2D eigenvalue weighted by atomic mass is 10.1. The number of aryl methyl sites for hydroxylation is 1. The molecule has 0 atom stereocenters. The standard InChI is InChI=1S/C22H26N2O2S2/c1-15-6-4-7-19(16(15)2)23-20(25)14-24(3)21(26)17-8-10-18(11-9-17)22-27-12-5-13-28-22/h4,6-11,22H,5,12-14H2,1-3H3,(H,23,25). The highest BCUT2D eigenvalue weighted by molar-refractivity contribution is 8.16. The summed E-state index contributed by atoms with van der Waals surface area (Å²) >= 11 is 3.93. The molecule has 148 valence electrons. The maximum Gasteiger partial charge on any atom is 0.254 e. The first-order valence-electron chi connectivity index (χ1n) is 9.40. The third-order valence-electron chi connectivity index (χ3n) is 4.86. The summed E-state index contributed by atoms with van der Waals surface area (Å²) in [5.74, 6) is 2.04. The van der Waals surface area contributed by atoms with Crippen molar-refractivity contribution >= 4 is 41.0 Å². The van der Waals surface area contributed by atoms with E-state index in [9.17, 15) is 9.59 Å². The number of anilines is 1. The number of likely N-dealkylation sites (N-methyl/N-ethyl adjacent to an activating group) is 1. The van der Waals surface area contributed by atoms with Gasteiger partial charge in [-0.2, -0.15) is 0 Å². The first-order chi connectivity index (χ1) is 13.5. The largest absolute Gasteiger partial charge is 0.332 e. The van der Waals surface area contributed by atoms with Crippen LogP contribution in [0.4, 0.5) is 5.69 Å². The average molecular weight is 415 g/mol. The summed E-state index contributed by atoms with van der Waals surface area (Å²) < 4.78 is 0.457.